The van der Waals surface area contributed by atoms with Gasteiger partial charge in [-0.15, -0.1) is 0 Å². The van der Waals surface area contributed by atoms with E-state index in [9.17, 15) is 4.79 Å². The van der Waals surface area contributed by atoms with Crippen LogP contribution in [0.3, 0.4) is 0 Å². The minimum absolute atomic E-state index is 0.0170. The van der Waals surface area contributed by atoms with Crippen molar-refractivity contribution in [2.75, 3.05) is 6.61 Å². The van der Waals surface area contributed by atoms with E-state index in [1.165, 1.54) is 0 Å². The Balaban J connectivity index is 2.06. The number of rotatable bonds is 6. The van der Waals surface area contributed by atoms with Crippen LogP contribution in [0.5, 0.6) is 0 Å². The Morgan fingerprint density at radius 2 is 2.05 bits per heavy atom. The third-order valence-electron chi connectivity index (χ3n) is 4.80. The molecule has 1 aliphatic carbocycles. The van der Waals surface area contributed by atoms with Gasteiger partial charge >= 0.3 is 5.97 Å². The molecule has 1 heterocycles. The van der Waals surface area contributed by atoms with Crippen molar-refractivity contribution in [3.05, 3.63) is 24.0 Å². The summed E-state index contributed by atoms with van der Waals surface area (Å²) >= 11 is 0. The Morgan fingerprint density at radius 1 is 1.35 bits per heavy atom. The highest BCUT2D eigenvalue weighted by molar-refractivity contribution is 5.87. The van der Waals surface area contributed by atoms with Gasteiger partial charge in [-0.25, -0.2) is 4.79 Å². The topological polar surface area (TPSA) is 40.5 Å². The average Bonchev–Trinajstić information content (AvgIpc) is 2.85. The van der Waals surface area contributed by atoms with Crippen LogP contribution in [0.2, 0.25) is 0 Å². The lowest BCUT2D eigenvalue weighted by Crippen LogP contribution is -2.59. The number of esters is 1. The van der Waals surface area contributed by atoms with Crippen LogP contribution < -0.4 is 0 Å². The smallest absolute Gasteiger partial charge is 0.355 e. The lowest BCUT2D eigenvalue weighted by molar-refractivity contribution is -0.195. The summed E-state index contributed by atoms with van der Waals surface area (Å²) in [5, 5.41) is 0. The lowest BCUT2D eigenvalue weighted by Gasteiger charge is -2.54. The largest absolute Gasteiger partial charge is 0.457 e. The number of aryl methyl sites for hydroxylation is 1. The molecule has 1 aliphatic rings. The molecule has 1 aromatic heterocycles. The average molecular weight is 279 g/mol. The van der Waals surface area contributed by atoms with E-state index in [4.69, 9.17) is 9.47 Å². The molecular formula is C16H25NO3. The highest BCUT2D eigenvalue weighted by Gasteiger charge is 2.55. The van der Waals surface area contributed by atoms with Crippen molar-refractivity contribution in [1.82, 2.24) is 4.57 Å². The SMILES string of the molecule is CCO[C@H]1C[C@H](OC(=O)c2cccn2C)C1(CC)CC. The van der Waals surface area contributed by atoms with Gasteiger partial charge in [0.05, 0.1) is 6.10 Å². The standard InChI is InChI=1S/C16H25NO3/c1-5-16(6-2)13(19-7-3)11-14(16)20-15(18)12-9-8-10-17(12)4/h8-10,13-14H,5-7,11H2,1-4H3/t13-,14-/m0/s1. The molecule has 0 unspecified atom stereocenters. The summed E-state index contributed by atoms with van der Waals surface area (Å²) in [7, 11) is 1.85. The molecule has 0 saturated heterocycles. The minimum atomic E-state index is -0.233. The third kappa shape index (κ3) is 2.37. The molecular weight excluding hydrogens is 254 g/mol. The highest BCUT2D eigenvalue weighted by atomic mass is 16.6. The number of aromatic nitrogens is 1. The van der Waals surface area contributed by atoms with Crippen LogP contribution >= 0.6 is 0 Å². The van der Waals surface area contributed by atoms with Crippen LogP contribution in [0, 0.1) is 5.41 Å². The Labute approximate surface area is 121 Å². The van der Waals surface area contributed by atoms with E-state index in [0.717, 1.165) is 19.3 Å². The summed E-state index contributed by atoms with van der Waals surface area (Å²) in [6, 6.07) is 3.65. The molecule has 4 nitrogen and oxygen atoms in total. The zero-order valence-corrected chi connectivity index (χ0v) is 12.9. The van der Waals surface area contributed by atoms with Gasteiger partial charge < -0.3 is 14.0 Å². The zero-order chi connectivity index (χ0) is 14.8. The fraction of sp³-hybridized carbons (Fsp3) is 0.688. The molecule has 0 spiro atoms. The maximum atomic E-state index is 12.2. The highest BCUT2D eigenvalue weighted by Crippen LogP contribution is 2.50. The van der Waals surface area contributed by atoms with Gasteiger partial charge in [-0.1, -0.05) is 13.8 Å². The van der Waals surface area contributed by atoms with Gasteiger partial charge in [0.2, 0.25) is 0 Å². The van der Waals surface area contributed by atoms with E-state index < -0.39 is 0 Å². The van der Waals surface area contributed by atoms with Gasteiger partial charge in [0.1, 0.15) is 11.8 Å². The first kappa shape index (κ1) is 15.1. The van der Waals surface area contributed by atoms with E-state index in [2.05, 4.69) is 13.8 Å². The summed E-state index contributed by atoms with van der Waals surface area (Å²) < 4.78 is 13.3. The van der Waals surface area contributed by atoms with Gasteiger partial charge in [0.15, 0.2) is 0 Å². The second-order valence-electron chi connectivity index (χ2n) is 5.52. The predicted octanol–water partition coefficient (Wildman–Crippen LogP) is 3.17. The molecule has 0 amide bonds. The van der Waals surface area contributed by atoms with Gasteiger partial charge in [-0.3, -0.25) is 0 Å². The van der Waals surface area contributed by atoms with Crippen LogP contribution in [0.1, 0.15) is 50.5 Å². The summed E-state index contributed by atoms with van der Waals surface area (Å²) in [6.45, 7) is 7.03. The van der Waals surface area contributed by atoms with Crippen molar-refractivity contribution in [3.63, 3.8) is 0 Å². The van der Waals surface area contributed by atoms with Crippen molar-refractivity contribution in [2.45, 2.75) is 52.2 Å². The van der Waals surface area contributed by atoms with Crippen LogP contribution in [-0.2, 0) is 16.5 Å². The number of hydrogen-bond donors (Lipinski definition) is 0. The van der Waals surface area contributed by atoms with Crippen molar-refractivity contribution < 1.29 is 14.3 Å². The fourth-order valence-corrected chi connectivity index (χ4v) is 3.33. The van der Waals surface area contributed by atoms with Crippen LogP contribution in [-0.4, -0.2) is 29.4 Å². The van der Waals surface area contributed by atoms with Crippen LogP contribution in [0.4, 0.5) is 0 Å². The molecule has 1 aromatic rings. The van der Waals surface area contributed by atoms with Gasteiger partial charge in [-0.05, 0) is 31.9 Å². The van der Waals surface area contributed by atoms with Crippen molar-refractivity contribution in [3.8, 4) is 0 Å². The second kappa shape index (κ2) is 6.00. The predicted molar refractivity (Wildman–Crippen MR) is 77.7 cm³/mol. The van der Waals surface area contributed by atoms with Crippen molar-refractivity contribution in [2.24, 2.45) is 12.5 Å². The first-order chi connectivity index (χ1) is 9.58. The molecule has 0 aromatic carbocycles. The van der Waals surface area contributed by atoms with Crippen molar-refractivity contribution >= 4 is 5.97 Å². The molecule has 4 heteroatoms. The third-order valence-corrected chi connectivity index (χ3v) is 4.80. The van der Waals surface area contributed by atoms with E-state index in [1.807, 2.05) is 26.2 Å². The quantitative estimate of drug-likeness (QED) is 0.751. The summed E-state index contributed by atoms with van der Waals surface area (Å²) in [5.74, 6) is -0.233. The molecule has 2 atom stereocenters. The van der Waals surface area contributed by atoms with Gasteiger partial charge in [-0.2, -0.15) is 0 Å². The Bertz CT molecular complexity index is 462. The molecule has 0 N–H and O–H groups in total. The van der Waals surface area contributed by atoms with Crippen LogP contribution in [0.25, 0.3) is 0 Å². The van der Waals surface area contributed by atoms with Crippen molar-refractivity contribution in [1.29, 1.82) is 0 Å². The maximum Gasteiger partial charge on any atom is 0.355 e. The van der Waals surface area contributed by atoms with Gasteiger partial charge in [0, 0.05) is 31.7 Å². The first-order valence-corrected chi connectivity index (χ1v) is 7.52. The molecule has 0 aliphatic heterocycles. The van der Waals surface area contributed by atoms with E-state index >= 15 is 0 Å². The van der Waals surface area contributed by atoms with Crippen LogP contribution in [0.15, 0.2) is 18.3 Å². The minimum Gasteiger partial charge on any atom is -0.457 e. The maximum absolute atomic E-state index is 12.2. The fourth-order valence-electron chi connectivity index (χ4n) is 3.33. The normalized spacial score (nSPS) is 24.2. The van der Waals surface area contributed by atoms with Gasteiger partial charge in [0.25, 0.3) is 0 Å². The Kier molecular flexibility index (Phi) is 4.53. The number of nitrogens with zero attached hydrogens (tertiary/aromatic N) is 1. The summed E-state index contributed by atoms with van der Waals surface area (Å²) in [6.07, 6.45) is 4.79. The summed E-state index contributed by atoms with van der Waals surface area (Å²) in [5.41, 5.74) is 0.586. The molecule has 0 bridgehead atoms. The molecule has 20 heavy (non-hydrogen) atoms. The molecule has 1 fully saturated rings. The Hall–Kier alpha value is -1.29. The Morgan fingerprint density at radius 3 is 2.55 bits per heavy atom. The lowest BCUT2D eigenvalue weighted by atomic mass is 9.60. The van der Waals surface area contributed by atoms with E-state index in [1.54, 1.807) is 10.6 Å². The van der Waals surface area contributed by atoms with E-state index in [-0.39, 0.29) is 23.6 Å². The molecule has 1 saturated carbocycles. The first-order valence-electron chi connectivity index (χ1n) is 7.52. The number of carbonyl (C=O) groups is 1. The molecule has 112 valence electrons. The van der Waals surface area contributed by atoms with E-state index in [0.29, 0.717) is 12.3 Å². The zero-order valence-electron chi connectivity index (χ0n) is 12.9. The number of ether oxygens (including phenoxy) is 2. The monoisotopic (exact) mass is 279 g/mol. The number of carbonyl (C=O) groups excluding carboxylic acids is 1. The molecule has 2 rings (SSSR count). The second-order valence-corrected chi connectivity index (χ2v) is 5.52. The number of hydrogen-bond acceptors (Lipinski definition) is 3. The summed E-state index contributed by atoms with van der Waals surface area (Å²) in [4.78, 5) is 12.2. The molecule has 0 radical (unpaired) electrons.